The average molecular weight is 651 g/mol. The Hall–Kier alpha value is -3.56. The molecule has 21 heteroatoms. The maximum Gasteiger partial charge on any atom is 0.296 e. The number of benzene rings is 3. The predicted octanol–water partition coefficient (Wildman–Crippen LogP) is 3.94. The number of rotatable bonds is 7. The highest BCUT2D eigenvalue weighted by Crippen LogP contribution is 2.45. The van der Waals surface area contributed by atoms with Crippen LogP contribution in [0.1, 0.15) is 0 Å². The van der Waals surface area contributed by atoms with Gasteiger partial charge in [-0.15, -0.1) is 10.2 Å². The molecule has 0 fully saturated rings. The molecular formula is C19H12Cl2N6O10S3. The molecule has 0 unspecified atom stereocenters. The largest absolute Gasteiger partial charge is 0.505 e. The van der Waals surface area contributed by atoms with E-state index >= 15 is 0 Å². The molecule has 0 atom stereocenters. The number of hydrogen-bond donors (Lipinski definition) is 5. The number of nitrogens with one attached hydrogen (secondary N) is 1. The van der Waals surface area contributed by atoms with Crippen molar-refractivity contribution in [3.63, 3.8) is 0 Å². The van der Waals surface area contributed by atoms with Gasteiger partial charge in [-0.25, -0.2) is 0 Å². The number of phenolic OH excluding ortho intramolecular Hbond substituents is 1. The third-order valence-electron chi connectivity index (χ3n) is 4.93. The van der Waals surface area contributed by atoms with Gasteiger partial charge in [0.25, 0.3) is 30.4 Å². The molecule has 16 nitrogen and oxygen atoms in total. The zero-order valence-corrected chi connectivity index (χ0v) is 23.0. The molecule has 0 radical (unpaired) electrons. The molecule has 1 heterocycles. The van der Waals surface area contributed by atoms with Gasteiger partial charge in [-0.1, -0.05) is 12.1 Å². The van der Waals surface area contributed by atoms with Crippen molar-refractivity contribution in [2.24, 2.45) is 10.2 Å². The molecule has 0 bridgehead atoms. The Bertz CT molecular complexity index is 2040. The molecule has 0 amide bonds. The standard InChI is InChI=1S/C19H12Cl2N6O10S3/c20-17-23-18(21)25-19(24-17)22-11-7-9(38(29,30)31)5-8-6-13(40(35,36)37)15(16(28)14(8)11)27-26-10-3-1-2-4-12(10)39(32,33)34/h1-7,28H,(H,29,30,31)(H,32,33,34)(H,35,36,37)(H,22,23,24,25). The molecule has 0 aliphatic carbocycles. The molecule has 4 aromatic rings. The SMILES string of the molecule is O=S(=O)(O)c1cc(Nc2nc(Cl)nc(Cl)n2)c2c(O)c(N=Nc3ccccc3S(=O)(=O)O)c(S(=O)(=O)O)cc2c1. The second-order valence-electron chi connectivity index (χ2n) is 7.56. The van der Waals surface area contributed by atoms with Crippen LogP contribution in [-0.2, 0) is 30.4 Å². The van der Waals surface area contributed by atoms with Crippen molar-refractivity contribution >= 4 is 87.3 Å². The minimum absolute atomic E-state index is 0.357. The van der Waals surface area contributed by atoms with Crippen LogP contribution >= 0.6 is 23.2 Å². The van der Waals surface area contributed by atoms with Gasteiger partial charge < -0.3 is 10.4 Å². The van der Waals surface area contributed by atoms with Crippen molar-refractivity contribution < 1.29 is 44.0 Å². The topological polar surface area (TPSA) is 259 Å². The summed E-state index contributed by atoms with van der Waals surface area (Å²) in [6.45, 7) is 0. The fourth-order valence-electron chi connectivity index (χ4n) is 3.36. The summed E-state index contributed by atoms with van der Waals surface area (Å²) in [5.74, 6) is -1.39. The normalized spacial score (nSPS) is 12.7. The van der Waals surface area contributed by atoms with Gasteiger partial charge in [0.15, 0.2) is 5.75 Å². The molecule has 0 saturated heterocycles. The fraction of sp³-hybridized carbons (Fsp3) is 0. The number of hydrogen-bond acceptors (Lipinski definition) is 13. The first-order chi connectivity index (χ1) is 18.4. The highest BCUT2D eigenvalue weighted by molar-refractivity contribution is 7.86. The van der Waals surface area contributed by atoms with E-state index in [-0.39, 0.29) is 33.0 Å². The lowest BCUT2D eigenvalue weighted by atomic mass is 10.1. The Labute approximate surface area is 234 Å². The Morgan fingerprint density at radius 1 is 0.750 bits per heavy atom. The third kappa shape index (κ3) is 6.26. The lowest BCUT2D eigenvalue weighted by Gasteiger charge is -2.15. The van der Waals surface area contributed by atoms with Gasteiger partial charge in [0, 0.05) is 5.39 Å². The monoisotopic (exact) mass is 650 g/mol. The van der Waals surface area contributed by atoms with E-state index in [1.165, 1.54) is 12.1 Å². The van der Waals surface area contributed by atoms with Crippen LogP contribution in [0.15, 0.2) is 67.4 Å². The van der Waals surface area contributed by atoms with E-state index < -0.39 is 62.2 Å². The van der Waals surface area contributed by atoms with E-state index in [4.69, 9.17) is 23.2 Å². The summed E-state index contributed by atoms with van der Waals surface area (Å²) in [6.07, 6.45) is 0. The van der Waals surface area contributed by atoms with E-state index in [1.54, 1.807) is 0 Å². The summed E-state index contributed by atoms with van der Waals surface area (Å²) < 4.78 is 100. The Morgan fingerprint density at radius 3 is 1.93 bits per heavy atom. The molecule has 4 rings (SSSR count). The smallest absolute Gasteiger partial charge is 0.296 e. The number of anilines is 2. The highest BCUT2D eigenvalue weighted by atomic mass is 35.5. The summed E-state index contributed by atoms with van der Waals surface area (Å²) in [7, 11) is -14.9. The molecular weight excluding hydrogens is 639 g/mol. The van der Waals surface area contributed by atoms with Crippen molar-refractivity contribution in [1.82, 2.24) is 15.0 Å². The van der Waals surface area contributed by atoms with Crippen LogP contribution in [0.4, 0.5) is 23.0 Å². The Morgan fingerprint density at radius 2 is 1.35 bits per heavy atom. The minimum Gasteiger partial charge on any atom is -0.505 e. The van der Waals surface area contributed by atoms with Gasteiger partial charge in [0.1, 0.15) is 21.2 Å². The predicted molar refractivity (Wildman–Crippen MR) is 139 cm³/mol. The van der Waals surface area contributed by atoms with Crippen LogP contribution in [0.3, 0.4) is 0 Å². The summed E-state index contributed by atoms with van der Waals surface area (Å²) in [5.41, 5.74) is -1.76. The van der Waals surface area contributed by atoms with Gasteiger partial charge in [-0.2, -0.15) is 40.2 Å². The molecule has 0 spiro atoms. The number of phenols is 1. The number of aromatic nitrogens is 3. The lowest BCUT2D eigenvalue weighted by Crippen LogP contribution is -2.05. The number of azo groups is 1. The molecule has 210 valence electrons. The molecule has 0 aliphatic heterocycles. The summed E-state index contributed by atoms with van der Waals surface area (Å²) >= 11 is 11.5. The summed E-state index contributed by atoms with van der Waals surface area (Å²) in [6, 6.07) is 6.91. The maximum absolute atomic E-state index is 12.2. The molecule has 3 aromatic carbocycles. The van der Waals surface area contributed by atoms with E-state index in [2.05, 4.69) is 30.5 Å². The zero-order chi connectivity index (χ0) is 29.6. The van der Waals surface area contributed by atoms with Crippen LogP contribution in [0.2, 0.25) is 10.6 Å². The first-order valence-corrected chi connectivity index (χ1v) is 15.1. The van der Waals surface area contributed by atoms with Crippen LogP contribution in [0, 0.1) is 0 Å². The minimum atomic E-state index is -5.20. The van der Waals surface area contributed by atoms with E-state index in [0.29, 0.717) is 6.07 Å². The van der Waals surface area contributed by atoms with Gasteiger partial charge >= 0.3 is 0 Å². The van der Waals surface area contributed by atoms with Crippen molar-refractivity contribution in [3.8, 4) is 5.75 Å². The van der Waals surface area contributed by atoms with Gasteiger partial charge in [-0.3, -0.25) is 13.7 Å². The second kappa shape index (κ2) is 10.4. The Kier molecular flexibility index (Phi) is 7.68. The third-order valence-corrected chi connectivity index (χ3v) is 7.86. The van der Waals surface area contributed by atoms with Crippen LogP contribution < -0.4 is 5.32 Å². The molecule has 5 N–H and O–H groups in total. The van der Waals surface area contributed by atoms with Crippen LogP contribution in [0.5, 0.6) is 5.75 Å². The van der Waals surface area contributed by atoms with E-state index in [0.717, 1.165) is 24.3 Å². The molecule has 0 aliphatic rings. The van der Waals surface area contributed by atoms with Gasteiger partial charge in [0.05, 0.1) is 10.6 Å². The zero-order valence-electron chi connectivity index (χ0n) is 19.0. The van der Waals surface area contributed by atoms with Gasteiger partial charge in [0.2, 0.25) is 16.5 Å². The summed E-state index contributed by atoms with van der Waals surface area (Å²) in [5, 5.41) is 19.3. The van der Waals surface area contributed by atoms with Crippen LogP contribution in [0.25, 0.3) is 10.8 Å². The second-order valence-corrected chi connectivity index (χ2v) is 12.4. The molecule has 0 saturated carbocycles. The lowest BCUT2D eigenvalue weighted by molar-refractivity contribution is 0.472. The maximum atomic E-state index is 12.2. The van der Waals surface area contributed by atoms with Crippen molar-refractivity contribution in [1.29, 1.82) is 0 Å². The first-order valence-electron chi connectivity index (χ1n) is 10.1. The molecule has 40 heavy (non-hydrogen) atoms. The van der Waals surface area contributed by atoms with E-state index in [1.807, 2.05) is 0 Å². The number of halogens is 2. The van der Waals surface area contributed by atoms with Crippen molar-refractivity contribution in [2.45, 2.75) is 14.7 Å². The Balaban J connectivity index is 2.06. The van der Waals surface area contributed by atoms with Crippen molar-refractivity contribution in [3.05, 3.63) is 53.0 Å². The van der Waals surface area contributed by atoms with Gasteiger partial charge in [-0.05, 0) is 58.9 Å². The van der Waals surface area contributed by atoms with Crippen molar-refractivity contribution in [2.75, 3.05) is 5.32 Å². The fourth-order valence-corrected chi connectivity index (χ4v) is 5.55. The number of fused-ring (bicyclic) bond motifs is 1. The summed E-state index contributed by atoms with van der Waals surface area (Å²) in [4.78, 5) is 8.44. The number of nitrogens with zero attached hydrogens (tertiary/aromatic N) is 5. The average Bonchev–Trinajstić information content (AvgIpc) is 2.80. The molecule has 1 aromatic heterocycles. The first kappa shape index (κ1) is 29.4. The highest BCUT2D eigenvalue weighted by Gasteiger charge is 2.26. The number of aromatic hydroxyl groups is 1. The van der Waals surface area contributed by atoms with E-state index in [9.17, 15) is 44.0 Å². The van der Waals surface area contributed by atoms with Crippen LogP contribution in [-0.4, -0.2) is 59.0 Å². The quantitative estimate of drug-likeness (QED) is 0.140.